The zero-order chi connectivity index (χ0) is 10.4. The first-order valence-electron chi connectivity index (χ1n) is 4.24. The Hall–Kier alpha value is -0.970. The summed E-state index contributed by atoms with van der Waals surface area (Å²) in [5.41, 5.74) is 1.58. The van der Waals surface area contributed by atoms with Crippen LogP contribution in [0.5, 0.6) is 0 Å². The van der Waals surface area contributed by atoms with Crippen LogP contribution in [0.4, 0.5) is 0 Å². The summed E-state index contributed by atoms with van der Waals surface area (Å²) in [6, 6.07) is 0. The maximum Gasteiger partial charge on any atom is 0.293 e. The number of aryl methyl sites for hydroxylation is 1. The quantitative estimate of drug-likeness (QED) is 0.596. The molecule has 0 aromatic carbocycles. The summed E-state index contributed by atoms with van der Waals surface area (Å²) in [4.78, 5) is 18.5. The zero-order valence-corrected chi connectivity index (χ0v) is 9.40. The van der Waals surface area contributed by atoms with Gasteiger partial charge in [-0.25, -0.2) is 0 Å². The topological polar surface area (TPSA) is 52.1 Å². The van der Waals surface area contributed by atoms with Crippen LogP contribution in [0.1, 0.15) is 24.4 Å². The average Bonchev–Trinajstić information content (AvgIpc) is 2.19. The fourth-order valence-corrected chi connectivity index (χ4v) is 1.52. The Bertz CT molecular complexity index is 307. The van der Waals surface area contributed by atoms with Gasteiger partial charge in [0.2, 0.25) is 0 Å². The normalized spacial score (nSPS) is 12.1. The van der Waals surface area contributed by atoms with Gasteiger partial charge in [0.15, 0.2) is 0 Å². The number of hydrogen-bond donors (Lipinski definition) is 0. The first-order chi connectivity index (χ1) is 6.79. The lowest BCUT2D eigenvalue weighted by Gasteiger charge is -2.11. The van der Waals surface area contributed by atoms with E-state index in [1.165, 1.54) is 0 Å². The van der Waals surface area contributed by atoms with Gasteiger partial charge in [-0.3, -0.25) is 14.8 Å². The van der Waals surface area contributed by atoms with Gasteiger partial charge in [0, 0.05) is 24.1 Å². The standard InChI is InChI=1S/C9H11BrN2O2/c1-7(14-6-13)9-8(2-3-10)11-4-5-12-9/h4-7H,2-3H2,1H3. The number of alkyl halides is 1. The first-order valence-corrected chi connectivity index (χ1v) is 5.36. The molecule has 5 heteroatoms. The van der Waals surface area contributed by atoms with Crippen LogP contribution >= 0.6 is 15.9 Å². The number of hydrogen-bond acceptors (Lipinski definition) is 4. The molecule has 0 radical (unpaired) electrons. The monoisotopic (exact) mass is 258 g/mol. The van der Waals surface area contributed by atoms with Crippen LogP contribution in [0.15, 0.2) is 12.4 Å². The molecule has 0 aliphatic heterocycles. The van der Waals surface area contributed by atoms with E-state index in [-0.39, 0.29) is 6.10 Å². The van der Waals surface area contributed by atoms with Gasteiger partial charge >= 0.3 is 0 Å². The third kappa shape index (κ3) is 2.77. The second-order valence-corrected chi connectivity index (χ2v) is 3.49. The molecule has 1 rings (SSSR count). The molecule has 1 aromatic heterocycles. The number of halogens is 1. The van der Waals surface area contributed by atoms with Crippen LogP contribution in [0.2, 0.25) is 0 Å². The molecule has 0 aliphatic rings. The second-order valence-electron chi connectivity index (χ2n) is 2.70. The van der Waals surface area contributed by atoms with Crippen LogP contribution in [0.3, 0.4) is 0 Å². The maximum atomic E-state index is 10.2. The molecule has 1 aromatic rings. The molecule has 76 valence electrons. The molecule has 0 N–H and O–H groups in total. The summed E-state index contributed by atoms with van der Waals surface area (Å²) in [5, 5.41) is 0.812. The highest BCUT2D eigenvalue weighted by Crippen LogP contribution is 2.16. The summed E-state index contributed by atoms with van der Waals surface area (Å²) in [5.74, 6) is 0. The van der Waals surface area contributed by atoms with Crippen molar-refractivity contribution in [3.63, 3.8) is 0 Å². The number of aromatic nitrogens is 2. The number of nitrogens with zero attached hydrogens (tertiary/aromatic N) is 2. The van der Waals surface area contributed by atoms with Gasteiger partial charge in [-0.05, 0) is 6.92 Å². The number of rotatable bonds is 5. The third-order valence-electron chi connectivity index (χ3n) is 1.78. The maximum absolute atomic E-state index is 10.2. The molecule has 14 heavy (non-hydrogen) atoms. The van der Waals surface area contributed by atoms with E-state index in [9.17, 15) is 4.79 Å². The minimum atomic E-state index is -0.338. The summed E-state index contributed by atoms with van der Waals surface area (Å²) < 4.78 is 4.82. The summed E-state index contributed by atoms with van der Waals surface area (Å²) >= 11 is 3.33. The van der Waals surface area contributed by atoms with Crippen molar-refractivity contribution in [2.75, 3.05) is 5.33 Å². The molecule has 1 heterocycles. The van der Waals surface area contributed by atoms with Crippen molar-refractivity contribution >= 4 is 22.4 Å². The van der Waals surface area contributed by atoms with Crippen LogP contribution < -0.4 is 0 Å². The Balaban J connectivity index is 2.87. The number of carbonyl (C=O) groups is 1. The van der Waals surface area contributed by atoms with E-state index in [1.807, 2.05) is 0 Å². The smallest absolute Gasteiger partial charge is 0.293 e. The van der Waals surface area contributed by atoms with Crippen molar-refractivity contribution in [1.82, 2.24) is 9.97 Å². The molecule has 0 saturated carbocycles. The predicted octanol–water partition coefficient (Wildman–Crippen LogP) is 1.65. The molecule has 0 amide bonds. The zero-order valence-electron chi connectivity index (χ0n) is 7.81. The van der Waals surface area contributed by atoms with Gasteiger partial charge in [-0.15, -0.1) is 0 Å². The lowest BCUT2D eigenvalue weighted by Crippen LogP contribution is -2.07. The van der Waals surface area contributed by atoms with E-state index < -0.39 is 0 Å². The lowest BCUT2D eigenvalue weighted by atomic mass is 10.2. The molecule has 1 unspecified atom stereocenters. The summed E-state index contributed by atoms with van der Waals surface area (Å²) in [7, 11) is 0. The van der Waals surface area contributed by atoms with Crippen molar-refractivity contribution in [3.8, 4) is 0 Å². The molecule has 0 aliphatic carbocycles. The Morgan fingerprint density at radius 3 is 2.93 bits per heavy atom. The number of carbonyl (C=O) groups excluding carboxylic acids is 1. The fraction of sp³-hybridized carbons (Fsp3) is 0.444. The van der Waals surface area contributed by atoms with Crippen molar-refractivity contribution in [2.24, 2.45) is 0 Å². The van der Waals surface area contributed by atoms with E-state index in [0.29, 0.717) is 6.47 Å². The van der Waals surface area contributed by atoms with Gasteiger partial charge < -0.3 is 4.74 Å². The lowest BCUT2D eigenvalue weighted by molar-refractivity contribution is -0.133. The SMILES string of the molecule is CC(OC=O)c1nccnc1CCBr. The Kier molecular flexibility index (Phi) is 4.52. The Morgan fingerprint density at radius 1 is 1.57 bits per heavy atom. The molecule has 0 saturated heterocycles. The Morgan fingerprint density at radius 2 is 2.29 bits per heavy atom. The summed E-state index contributed by atoms with van der Waals surface area (Å²) in [6.07, 6.45) is 3.66. The fourth-order valence-electron chi connectivity index (χ4n) is 1.15. The van der Waals surface area contributed by atoms with Crippen LogP contribution in [0.25, 0.3) is 0 Å². The molecule has 0 fully saturated rings. The highest BCUT2D eigenvalue weighted by Gasteiger charge is 2.12. The van der Waals surface area contributed by atoms with Crippen molar-refractivity contribution in [3.05, 3.63) is 23.8 Å². The van der Waals surface area contributed by atoms with Crippen LogP contribution in [-0.2, 0) is 16.0 Å². The van der Waals surface area contributed by atoms with Gasteiger partial charge in [-0.1, -0.05) is 15.9 Å². The van der Waals surface area contributed by atoms with Gasteiger partial charge in [0.05, 0.1) is 5.69 Å². The molecular weight excluding hydrogens is 248 g/mol. The third-order valence-corrected chi connectivity index (χ3v) is 2.18. The Labute approximate surface area is 90.8 Å². The van der Waals surface area contributed by atoms with E-state index in [2.05, 4.69) is 25.9 Å². The van der Waals surface area contributed by atoms with E-state index in [4.69, 9.17) is 4.74 Å². The van der Waals surface area contributed by atoms with Gasteiger partial charge in [-0.2, -0.15) is 0 Å². The highest BCUT2D eigenvalue weighted by molar-refractivity contribution is 9.09. The van der Waals surface area contributed by atoms with Crippen LogP contribution in [-0.4, -0.2) is 21.8 Å². The average molecular weight is 259 g/mol. The molecule has 0 spiro atoms. The van der Waals surface area contributed by atoms with E-state index in [1.54, 1.807) is 19.3 Å². The minimum absolute atomic E-state index is 0.338. The molecule has 0 bridgehead atoms. The second kappa shape index (κ2) is 5.70. The van der Waals surface area contributed by atoms with E-state index >= 15 is 0 Å². The predicted molar refractivity (Wildman–Crippen MR) is 55.1 cm³/mol. The first kappa shape index (κ1) is 11.1. The van der Waals surface area contributed by atoms with Gasteiger partial charge in [0.25, 0.3) is 6.47 Å². The molecule has 4 nitrogen and oxygen atoms in total. The minimum Gasteiger partial charge on any atom is -0.458 e. The molecule has 1 atom stereocenters. The van der Waals surface area contributed by atoms with Crippen molar-refractivity contribution in [2.45, 2.75) is 19.4 Å². The van der Waals surface area contributed by atoms with Crippen molar-refractivity contribution < 1.29 is 9.53 Å². The largest absolute Gasteiger partial charge is 0.458 e. The summed E-state index contributed by atoms with van der Waals surface area (Å²) in [6.45, 7) is 2.20. The number of ether oxygens (including phenoxy) is 1. The molecular formula is C9H11BrN2O2. The van der Waals surface area contributed by atoms with Crippen LogP contribution in [0, 0.1) is 0 Å². The van der Waals surface area contributed by atoms with Gasteiger partial charge in [0.1, 0.15) is 11.8 Å². The van der Waals surface area contributed by atoms with E-state index in [0.717, 1.165) is 23.1 Å². The highest BCUT2D eigenvalue weighted by atomic mass is 79.9. The van der Waals surface area contributed by atoms with Crippen molar-refractivity contribution in [1.29, 1.82) is 0 Å².